The molecule has 0 aliphatic carbocycles. The van der Waals surface area contributed by atoms with E-state index in [-0.39, 0.29) is 0 Å². The fraction of sp³-hybridized carbons (Fsp3) is 0.636. The van der Waals surface area contributed by atoms with Crippen LogP contribution in [-0.2, 0) is 15.9 Å². The maximum Gasteiger partial charge on any atom is 0.119 e. The number of ether oxygens (including phenoxy) is 4. The fourth-order valence-corrected chi connectivity index (χ4v) is 5.06. The maximum atomic E-state index is 5.85. The number of benzene rings is 2. The Labute approximate surface area is 225 Å². The third kappa shape index (κ3) is 11.5. The van der Waals surface area contributed by atoms with Crippen LogP contribution in [0.1, 0.15) is 101 Å². The van der Waals surface area contributed by atoms with E-state index in [0.717, 1.165) is 31.1 Å². The second-order valence-electron chi connectivity index (χ2n) is 11.0. The number of hydrogen-bond donors (Lipinski definition) is 0. The molecule has 0 saturated carbocycles. The Kier molecular flexibility index (Phi) is 12.1. The third-order valence-electron chi connectivity index (χ3n) is 7.60. The first-order valence-corrected chi connectivity index (χ1v) is 15.0. The largest absolute Gasteiger partial charge is 0.491 e. The summed E-state index contributed by atoms with van der Waals surface area (Å²) in [5, 5.41) is 0. The second-order valence-corrected chi connectivity index (χ2v) is 11.0. The summed E-state index contributed by atoms with van der Waals surface area (Å²) in [6, 6.07) is 17.5. The van der Waals surface area contributed by atoms with E-state index >= 15 is 0 Å². The van der Waals surface area contributed by atoms with Gasteiger partial charge in [0.1, 0.15) is 36.9 Å². The highest BCUT2D eigenvalue weighted by atomic mass is 16.6. The van der Waals surface area contributed by atoms with Gasteiger partial charge in [-0.3, -0.25) is 0 Å². The Morgan fingerprint density at radius 2 is 1.30 bits per heavy atom. The lowest BCUT2D eigenvalue weighted by Gasteiger charge is -2.18. The average Bonchev–Trinajstić information content (AvgIpc) is 3.85. The molecule has 2 fully saturated rings. The van der Waals surface area contributed by atoms with Crippen molar-refractivity contribution in [3.05, 3.63) is 59.7 Å². The van der Waals surface area contributed by atoms with E-state index in [4.69, 9.17) is 18.9 Å². The summed E-state index contributed by atoms with van der Waals surface area (Å²) < 4.78 is 22.2. The van der Waals surface area contributed by atoms with E-state index in [1.54, 1.807) is 0 Å². The first-order valence-electron chi connectivity index (χ1n) is 15.0. The van der Waals surface area contributed by atoms with Gasteiger partial charge in [0.05, 0.1) is 13.2 Å². The summed E-state index contributed by atoms with van der Waals surface area (Å²) in [7, 11) is 0. The van der Waals surface area contributed by atoms with E-state index in [0.29, 0.717) is 31.3 Å². The van der Waals surface area contributed by atoms with Crippen molar-refractivity contribution in [3.8, 4) is 11.5 Å². The summed E-state index contributed by atoms with van der Waals surface area (Å²) in [6.45, 7) is 5.33. The second kappa shape index (κ2) is 16.0. The molecule has 0 aromatic heterocycles. The van der Waals surface area contributed by atoms with Gasteiger partial charge >= 0.3 is 0 Å². The molecule has 4 rings (SSSR count). The van der Waals surface area contributed by atoms with Gasteiger partial charge < -0.3 is 18.9 Å². The predicted molar refractivity (Wildman–Crippen MR) is 151 cm³/mol. The number of unbranched alkanes of at least 4 members (excludes halogenated alkanes) is 8. The molecule has 0 N–H and O–H groups in total. The van der Waals surface area contributed by atoms with Crippen LogP contribution in [0.5, 0.6) is 11.5 Å². The monoisotopic (exact) mass is 508 g/mol. The molecule has 2 aliphatic rings. The molecule has 3 atom stereocenters. The smallest absolute Gasteiger partial charge is 0.119 e. The number of epoxide rings is 2. The summed E-state index contributed by atoms with van der Waals surface area (Å²) in [5.74, 6) is 2.62. The molecule has 0 radical (unpaired) electrons. The van der Waals surface area contributed by atoms with Gasteiger partial charge in [-0.2, -0.15) is 0 Å². The van der Waals surface area contributed by atoms with E-state index in [1.807, 2.05) is 0 Å². The summed E-state index contributed by atoms with van der Waals surface area (Å²) >= 11 is 0. The van der Waals surface area contributed by atoms with E-state index in [2.05, 4.69) is 55.5 Å². The lowest BCUT2D eigenvalue weighted by Crippen LogP contribution is -2.04. The molecular weight excluding hydrogens is 460 g/mol. The highest BCUT2D eigenvalue weighted by molar-refractivity contribution is 5.30. The predicted octanol–water partition coefficient (Wildman–Crippen LogP) is 8.27. The first kappa shape index (κ1) is 28.0. The Bertz CT molecular complexity index is 872. The molecule has 0 spiro atoms. The van der Waals surface area contributed by atoms with Crippen LogP contribution in [0.3, 0.4) is 0 Å². The van der Waals surface area contributed by atoms with Crippen LogP contribution in [0.25, 0.3) is 0 Å². The summed E-state index contributed by atoms with van der Waals surface area (Å²) in [5.41, 5.74) is 2.87. The van der Waals surface area contributed by atoms with Crippen molar-refractivity contribution in [2.24, 2.45) is 0 Å². The Morgan fingerprint density at radius 1 is 0.703 bits per heavy atom. The minimum absolute atomic E-state index is 0.308. The molecule has 37 heavy (non-hydrogen) atoms. The van der Waals surface area contributed by atoms with Crippen molar-refractivity contribution in [2.45, 2.75) is 109 Å². The van der Waals surface area contributed by atoms with Gasteiger partial charge in [0.2, 0.25) is 0 Å². The summed E-state index contributed by atoms with van der Waals surface area (Å²) in [4.78, 5) is 0. The molecule has 4 heteroatoms. The van der Waals surface area contributed by atoms with Crippen LogP contribution in [0.15, 0.2) is 48.5 Å². The lowest BCUT2D eigenvalue weighted by atomic mass is 9.88. The topological polar surface area (TPSA) is 43.5 Å². The summed E-state index contributed by atoms with van der Waals surface area (Å²) in [6.07, 6.45) is 17.7. The van der Waals surface area contributed by atoms with E-state index < -0.39 is 0 Å². The van der Waals surface area contributed by atoms with Crippen LogP contribution in [0.4, 0.5) is 0 Å². The van der Waals surface area contributed by atoms with Crippen molar-refractivity contribution in [1.82, 2.24) is 0 Å². The van der Waals surface area contributed by atoms with Gasteiger partial charge in [-0.05, 0) is 67.0 Å². The van der Waals surface area contributed by atoms with Crippen molar-refractivity contribution >= 4 is 0 Å². The Hall–Kier alpha value is -2.04. The fourth-order valence-electron chi connectivity index (χ4n) is 5.06. The zero-order valence-electron chi connectivity index (χ0n) is 23.0. The molecule has 2 aromatic carbocycles. The number of rotatable bonds is 21. The minimum Gasteiger partial charge on any atom is -0.491 e. The van der Waals surface area contributed by atoms with Crippen molar-refractivity contribution < 1.29 is 18.9 Å². The maximum absolute atomic E-state index is 5.85. The lowest BCUT2D eigenvalue weighted by molar-refractivity contribution is 0.263. The van der Waals surface area contributed by atoms with Crippen LogP contribution in [-0.4, -0.2) is 38.6 Å². The Morgan fingerprint density at radius 3 is 1.95 bits per heavy atom. The van der Waals surface area contributed by atoms with Crippen molar-refractivity contribution in [1.29, 1.82) is 0 Å². The highest BCUT2D eigenvalue weighted by Gasteiger charge is 2.23. The molecular formula is C33H48O4. The van der Waals surface area contributed by atoms with E-state index in [1.165, 1.54) is 88.2 Å². The average molecular weight is 509 g/mol. The molecule has 0 bridgehead atoms. The molecule has 2 aliphatic heterocycles. The molecule has 0 unspecified atom stereocenters. The molecule has 4 nitrogen and oxygen atoms in total. The molecule has 0 amide bonds. The third-order valence-corrected chi connectivity index (χ3v) is 7.60. The number of hydrogen-bond acceptors (Lipinski definition) is 4. The SMILES string of the molecule is CCCCCCC[C@H](CCCCCCCc1cccc(OC[C@H]2CO2)c1)c1ccc(OC[C@H]2CO2)cc1. The molecule has 2 aromatic rings. The van der Waals surface area contributed by atoms with Crippen molar-refractivity contribution in [3.63, 3.8) is 0 Å². The van der Waals surface area contributed by atoms with Crippen molar-refractivity contribution in [2.75, 3.05) is 26.4 Å². The van der Waals surface area contributed by atoms with Crippen LogP contribution in [0.2, 0.25) is 0 Å². The zero-order valence-corrected chi connectivity index (χ0v) is 23.0. The quantitative estimate of drug-likeness (QED) is 0.126. The first-order chi connectivity index (χ1) is 18.3. The van der Waals surface area contributed by atoms with Crippen LogP contribution >= 0.6 is 0 Å². The standard InChI is InChI=1S/C33H48O4/c1-2-3-4-6-10-15-28(29-18-20-30(21-19-29)34-23-32-25-36-32)16-11-8-5-7-9-13-27-14-12-17-31(22-27)35-24-33-26-37-33/h12,14,17-22,28,32-33H,2-11,13,15-16,23-26H2,1H3/t28-,32+,33+/m1/s1. The van der Waals surface area contributed by atoms with Crippen LogP contribution in [0, 0.1) is 0 Å². The van der Waals surface area contributed by atoms with Gasteiger partial charge in [-0.1, -0.05) is 89.0 Å². The van der Waals surface area contributed by atoms with Crippen LogP contribution < -0.4 is 9.47 Å². The normalized spacial score (nSPS) is 18.9. The Balaban J connectivity index is 1.13. The van der Waals surface area contributed by atoms with Gasteiger partial charge in [0.15, 0.2) is 0 Å². The highest BCUT2D eigenvalue weighted by Crippen LogP contribution is 2.30. The van der Waals surface area contributed by atoms with Gasteiger partial charge in [0.25, 0.3) is 0 Å². The molecule has 2 saturated heterocycles. The van der Waals surface area contributed by atoms with Gasteiger partial charge in [-0.25, -0.2) is 0 Å². The van der Waals surface area contributed by atoms with Gasteiger partial charge in [0, 0.05) is 0 Å². The number of aryl methyl sites for hydroxylation is 1. The molecule has 2 heterocycles. The molecule has 204 valence electrons. The van der Waals surface area contributed by atoms with Gasteiger partial charge in [-0.15, -0.1) is 0 Å². The zero-order chi connectivity index (χ0) is 25.5. The minimum atomic E-state index is 0.308. The van der Waals surface area contributed by atoms with E-state index in [9.17, 15) is 0 Å².